The lowest BCUT2D eigenvalue weighted by atomic mass is 9.87. The van der Waals surface area contributed by atoms with Crippen LogP contribution >= 0.6 is 0 Å². The number of methoxy groups -OCH3 is 1. The summed E-state index contributed by atoms with van der Waals surface area (Å²) in [6.07, 6.45) is 3.12. The summed E-state index contributed by atoms with van der Waals surface area (Å²) >= 11 is 0. The summed E-state index contributed by atoms with van der Waals surface area (Å²) < 4.78 is 34.3. The van der Waals surface area contributed by atoms with Crippen LogP contribution in [0, 0.1) is 12.8 Å². The normalized spacial score (nSPS) is 21.0. The number of hydrogen-bond acceptors (Lipinski definition) is 5. The summed E-state index contributed by atoms with van der Waals surface area (Å²) in [7, 11) is 1.71. The van der Waals surface area contributed by atoms with Gasteiger partial charge in [-0.1, -0.05) is 0 Å². The van der Waals surface area contributed by atoms with E-state index in [0.717, 1.165) is 37.1 Å². The Hall–Kier alpha value is -2.85. The molecule has 8 nitrogen and oxygen atoms in total. The van der Waals surface area contributed by atoms with Gasteiger partial charge in [0.25, 0.3) is 11.5 Å². The first-order valence-corrected chi connectivity index (χ1v) is 13.6. The highest BCUT2D eigenvalue weighted by molar-refractivity contribution is 6.07. The fourth-order valence-electron chi connectivity index (χ4n) is 6.02. The van der Waals surface area contributed by atoms with Gasteiger partial charge in [0.2, 0.25) is 5.92 Å². The van der Waals surface area contributed by atoms with Gasteiger partial charge in [-0.2, -0.15) is 5.10 Å². The summed E-state index contributed by atoms with van der Waals surface area (Å²) in [6.45, 7) is 8.29. The van der Waals surface area contributed by atoms with Crippen LogP contribution in [0.2, 0.25) is 0 Å². The molecule has 2 aromatic heterocycles. The first-order chi connectivity index (χ1) is 18.2. The number of carbonyl (C=O) groups excluding carboxylic acids is 1. The summed E-state index contributed by atoms with van der Waals surface area (Å²) in [5.41, 5.74) is 2.46. The van der Waals surface area contributed by atoms with Crippen molar-refractivity contribution < 1.29 is 18.3 Å². The Balaban J connectivity index is 1.43. The standard InChI is InChI=1S/C28H37F2N5O3/c1-18-13-24-22(14-21(18)27(37)34-11-10-33(19(2)16-34)9-4-12-38-3)25-23(26(36)32-24)15-31-35(25)17-20-5-7-28(29,30)8-6-20/h13-15,19-20H,4-12,16-17H2,1-3H3,(H,32,36)/t19-/m1/s1. The molecule has 0 bridgehead atoms. The number of piperazine rings is 1. The van der Waals surface area contributed by atoms with E-state index >= 15 is 0 Å². The lowest BCUT2D eigenvalue weighted by Crippen LogP contribution is -2.53. The number of aromatic nitrogens is 3. The van der Waals surface area contributed by atoms with Crippen molar-refractivity contribution in [3.63, 3.8) is 0 Å². The molecule has 1 aromatic carbocycles. The van der Waals surface area contributed by atoms with E-state index in [1.54, 1.807) is 11.8 Å². The van der Waals surface area contributed by atoms with E-state index in [4.69, 9.17) is 4.74 Å². The van der Waals surface area contributed by atoms with E-state index < -0.39 is 5.92 Å². The highest BCUT2D eigenvalue weighted by atomic mass is 19.3. The van der Waals surface area contributed by atoms with Gasteiger partial charge < -0.3 is 14.6 Å². The van der Waals surface area contributed by atoms with Crippen molar-refractivity contribution in [2.75, 3.05) is 39.9 Å². The largest absolute Gasteiger partial charge is 0.385 e. The molecule has 1 saturated heterocycles. The number of benzene rings is 1. The van der Waals surface area contributed by atoms with Gasteiger partial charge >= 0.3 is 0 Å². The summed E-state index contributed by atoms with van der Waals surface area (Å²) in [4.78, 5) is 33.8. The predicted octanol–water partition coefficient (Wildman–Crippen LogP) is 4.19. The Bertz CT molecular complexity index is 1370. The number of nitrogens with one attached hydrogen (secondary N) is 1. The summed E-state index contributed by atoms with van der Waals surface area (Å²) in [5.74, 6) is -2.54. The van der Waals surface area contributed by atoms with Gasteiger partial charge in [0.1, 0.15) is 0 Å². The first-order valence-electron chi connectivity index (χ1n) is 13.6. The molecule has 3 aromatic rings. The maximum absolute atomic E-state index is 13.7. The molecule has 1 aliphatic heterocycles. The molecule has 2 aliphatic rings. The maximum atomic E-state index is 13.7. The minimum absolute atomic E-state index is 0.0206. The van der Waals surface area contributed by atoms with Gasteiger partial charge in [-0.15, -0.1) is 0 Å². The number of rotatable bonds is 7. The maximum Gasteiger partial charge on any atom is 0.259 e. The Morgan fingerprint density at radius 1 is 1.21 bits per heavy atom. The third-order valence-electron chi connectivity index (χ3n) is 8.30. The van der Waals surface area contributed by atoms with E-state index in [9.17, 15) is 18.4 Å². The monoisotopic (exact) mass is 529 g/mol. The quantitative estimate of drug-likeness (QED) is 0.464. The third kappa shape index (κ3) is 5.33. The first kappa shape index (κ1) is 26.7. The van der Waals surface area contributed by atoms with E-state index in [-0.39, 0.29) is 36.3 Å². The fraction of sp³-hybridized carbons (Fsp3) is 0.607. The van der Waals surface area contributed by atoms with Gasteiger partial charge in [-0.05, 0) is 56.7 Å². The molecule has 1 atom stereocenters. The van der Waals surface area contributed by atoms with Crippen LogP contribution in [0.1, 0.15) is 54.9 Å². The van der Waals surface area contributed by atoms with Crippen LogP contribution in [0.25, 0.3) is 21.8 Å². The number of carbonyl (C=O) groups is 1. The van der Waals surface area contributed by atoms with Crippen molar-refractivity contribution in [3.8, 4) is 0 Å². The molecule has 10 heteroatoms. The number of amides is 1. The number of alkyl halides is 2. The van der Waals surface area contributed by atoms with Gasteiger partial charge in [0, 0.05) is 76.3 Å². The number of nitrogens with zero attached hydrogens (tertiary/aromatic N) is 4. The molecule has 206 valence electrons. The fourth-order valence-corrected chi connectivity index (χ4v) is 6.02. The van der Waals surface area contributed by atoms with Gasteiger partial charge in [0.05, 0.1) is 22.6 Å². The lowest BCUT2D eigenvalue weighted by molar-refractivity contribution is -0.0475. The average Bonchev–Trinajstić information content (AvgIpc) is 3.30. The van der Waals surface area contributed by atoms with Gasteiger partial charge in [-0.3, -0.25) is 19.2 Å². The molecule has 1 aliphatic carbocycles. The second-order valence-electron chi connectivity index (χ2n) is 11.0. The highest BCUT2D eigenvalue weighted by Crippen LogP contribution is 2.37. The Kier molecular flexibility index (Phi) is 7.55. The van der Waals surface area contributed by atoms with Crippen molar-refractivity contribution in [1.29, 1.82) is 0 Å². The highest BCUT2D eigenvalue weighted by Gasteiger charge is 2.35. The molecule has 1 N–H and O–H groups in total. The van der Waals surface area contributed by atoms with Crippen molar-refractivity contribution in [2.45, 2.75) is 64.5 Å². The molecule has 2 fully saturated rings. The van der Waals surface area contributed by atoms with Crippen molar-refractivity contribution >= 4 is 27.7 Å². The molecule has 5 rings (SSSR count). The molecule has 0 radical (unpaired) electrons. The SMILES string of the molecule is COCCCN1CCN(C(=O)c2cc3c(cc2C)[nH]c(=O)c2cnn(CC4CCC(F)(F)CC4)c23)C[C@H]1C. The van der Waals surface area contributed by atoms with Crippen LogP contribution in [0.3, 0.4) is 0 Å². The zero-order valence-corrected chi connectivity index (χ0v) is 22.4. The Labute approximate surface area is 220 Å². The number of hydrogen-bond donors (Lipinski definition) is 1. The minimum Gasteiger partial charge on any atom is -0.385 e. The van der Waals surface area contributed by atoms with E-state index in [2.05, 4.69) is 21.9 Å². The molecule has 1 saturated carbocycles. The lowest BCUT2D eigenvalue weighted by Gasteiger charge is -2.40. The van der Waals surface area contributed by atoms with Crippen molar-refractivity contribution in [2.24, 2.45) is 5.92 Å². The van der Waals surface area contributed by atoms with Crippen LogP contribution in [0.4, 0.5) is 8.78 Å². The van der Waals surface area contributed by atoms with Crippen LogP contribution in [0.15, 0.2) is 23.1 Å². The number of aryl methyl sites for hydroxylation is 1. The van der Waals surface area contributed by atoms with E-state index in [0.29, 0.717) is 54.5 Å². The second-order valence-corrected chi connectivity index (χ2v) is 11.0. The predicted molar refractivity (Wildman–Crippen MR) is 143 cm³/mol. The molecule has 3 heterocycles. The molecule has 0 spiro atoms. The Morgan fingerprint density at radius 2 is 1.97 bits per heavy atom. The Morgan fingerprint density at radius 3 is 2.68 bits per heavy atom. The third-order valence-corrected chi connectivity index (χ3v) is 8.30. The van der Waals surface area contributed by atoms with Crippen LogP contribution < -0.4 is 5.56 Å². The minimum atomic E-state index is -2.59. The number of aromatic amines is 1. The van der Waals surface area contributed by atoms with Gasteiger partial charge in [-0.25, -0.2) is 8.78 Å². The number of ether oxygens (including phenoxy) is 1. The molecule has 1 amide bonds. The number of halogens is 2. The second kappa shape index (κ2) is 10.7. The smallest absolute Gasteiger partial charge is 0.259 e. The molecule has 0 unspecified atom stereocenters. The van der Waals surface area contributed by atoms with Crippen molar-refractivity contribution in [1.82, 2.24) is 24.6 Å². The van der Waals surface area contributed by atoms with Gasteiger partial charge in [0.15, 0.2) is 0 Å². The number of fused-ring (bicyclic) bond motifs is 3. The average molecular weight is 530 g/mol. The molecular formula is C28H37F2N5O3. The zero-order chi connectivity index (χ0) is 27.0. The zero-order valence-electron chi connectivity index (χ0n) is 22.4. The van der Waals surface area contributed by atoms with Crippen molar-refractivity contribution in [3.05, 3.63) is 39.8 Å². The van der Waals surface area contributed by atoms with Crippen LogP contribution in [-0.2, 0) is 11.3 Å². The molecular weight excluding hydrogens is 492 g/mol. The van der Waals surface area contributed by atoms with Crippen LogP contribution in [0.5, 0.6) is 0 Å². The van der Waals surface area contributed by atoms with Crippen LogP contribution in [-0.4, -0.2) is 82.3 Å². The number of pyridine rings is 1. The molecule has 38 heavy (non-hydrogen) atoms. The topological polar surface area (TPSA) is 83.5 Å². The summed E-state index contributed by atoms with van der Waals surface area (Å²) in [5, 5.41) is 5.66. The van der Waals surface area contributed by atoms with E-state index in [1.165, 1.54) is 6.20 Å². The number of H-pyrrole nitrogens is 1. The summed E-state index contributed by atoms with van der Waals surface area (Å²) in [6, 6.07) is 3.97. The van der Waals surface area contributed by atoms with E-state index in [1.807, 2.05) is 24.0 Å².